The van der Waals surface area contributed by atoms with Gasteiger partial charge in [0.2, 0.25) is 5.82 Å². The zero-order valence-electron chi connectivity index (χ0n) is 16.9. The third-order valence-corrected chi connectivity index (χ3v) is 5.58. The molecule has 1 aliphatic rings. The van der Waals surface area contributed by atoms with Gasteiger partial charge in [0, 0.05) is 38.6 Å². The Morgan fingerprint density at radius 2 is 1.83 bits per heavy atom. The molecule has 0 N–H and O–H groups in total. The SMILES string of the molecule is Cc1nc(N2CCc3ccccc3CC2)c([N+](=O)[O-])c(=O)n1CCCn1ccnc1. The first-order valence-electron chi connectivity index (χ1n) is 10.1. The van der Waals surface area contributed by atoms with E-state index < -0.39 is 16.2 Å². The lowest BCUT2D eigenvalue weighted by Crippen LogP contribution is -2.34. The molecule has 156 valence electrons. The van der Waals surface area contributed by atoms with E-state index in [0.29, 0.717) is 38.4 Å². The van der Waals surface area contributed by atoms with Crippen molar-refractivity contribution >= 4 is 11.5 Å². The van der Waals surface area contributed by atoms with Crippen molar-refractivity contribution in [3.8, 4) is 0 Å². The van der Waals surface area contributed by atoms with Crippen molar-refractivity contribution in [2.75, 3.05) is 18.0 Å². The quantitative estimate of drug-likeness (QED) is 0.459. The summed E-state index contributed by atoms with van der Waals surface area (Å²) in [6, 6.07) is 8.18. The molecule has 0 fully saturated rings. The van der Waals surface area contributed by atoms with Crippen LogP contribution in [0.15, 0.2) is 47.8 Å². The summed E-state index contributed by atoms with van der Waals surface area (Å²) in [5, 5.41) is 11.8. The van der Waals surface area contributed by atoms with Crippen LogP contribution in [0.4, 0.5) is 11.5 Å². The number of aryl methyl sites for hydroxylation is 2. The molecule has 0 amide bonds. The highest BCUT2D eigenvalue weighted by Gasteiger charge is 2.29. The highest BCUT2D eigenvalue weighted by molar-refractivity contribution is 5.57. The van der Waals surface area contributed by atoms with Crippen LogP contribution in [-0.4, -0.2) is 37.1 Å². The van der Waals surface area contributed by atoms with Crippen LogP contribution in [0.2, 0.25) is 0 Å². The first kappa shape index (κ1) is 19.8. The van der Waals surface area contributed by atoms with E-state index in [1.807, 2.05) is 27.8 Å². The van der Waals surface area contributed by atoms with Gasteiger partial charge in [-0.2, -0.15) is 0 Å². The average Bonchev–Trinajstić information content (AvgIpc) is 3.14. The minimum atomic E-state index is -0.589. The Morgan fingerprint density at radius 3 is 2.43 bits per heavy atom. The molecule has 1 aromatic carbocycles. The lowest BCUT2D eigenvalue weighted by atomic mass is 10.0. The fourth-order valence-corrected chi connectivity index (χ4v) is 3.99. The molecule has 0 radical (unpaired) electrons. The van der Waals surface area contributed by atoms with E-state index in [1.165, 1.54) is 15.7 Å². The largest absolute Gasteiger partial charge is 0.376 e. The molecule has 2 aromatic heterocycles. The van der Waals surface area contributed by atoms with Gasteiger partial charge in [-0.3, -0.25) is 19.5 Å². The van der Waals surface area contributed by atoms with Crippen LogP contribution < -0.4 is 10.5 Å². The number of nitrogens with zero attached hydrogens (tertiary/aromatic N) is 6. The Kier molecular flexibility index (Phi) is 5.60. The van der Waals surface area contributed by atoms with Gasteiger partial charge in [0.1, 0.15) is 5.82 Å². The predicted molar refractivity (Wildman–Crippen MR) is 113 cm³/mol. The summed E-state index contributed by atoms with van der Waals surface area (Å²) in [6.45, 7) is 3.95. The van der Waals surface area contributed by atoms with Crippen LogP contribution in [0.5, 0.6) is 0 Å². The third kappa shape index (κ3) is 3.96. The van der Waals surface area contributed by atoms with Gasteiger partial charge in [0.25, 0.3) is 0 Å². The molecule has 0 saturated heterocycles. The maximum absolute atomic E-state index is 13.0. The van der Waals surface area contributed by atoms with Gasteiger partial charge in [-0.1, -0.05) is 24.3 Å². The van der Waals surface area contributed by atoms with Crippen LogP contribution >= 0.6 is 0 Å². The summed E-state index contributed by atoms with van der Waals surface area (Å²) in [7, 11) is 0. The number of hydrogen-bond donors (Lipinski definition) is 0. The van der Waals surface area contributed by atoms with Gasteiger partial charge in [-0.25, -0.2) is 9.97 Å². The van der Waals surface area contributed by atoms with E-state index in [-0.39, 0.29) is 5.82 Å². The second-order valence-electron chi connectivity index (χ2n) is 7.45. The van der Waals surface area contributed by atoms with E-state index in [4.69, 9.17) is 0 Å². The van der Waals surface area contributed by atoms with Crippen molar-refractivity contribution < 1.29 is 4.92 Å². The fraction of sp³-hybridized carbons (Fsp3) is 0.381. The third-order valence-electron chi connectivity index (χ3n) is 5.58. The summed E-state index contributed by atoms with van der Waals surface area (Å²) in [6.07, 6.45) is 7.42. The Balaban J connectivity index is 1.60. The number of aromatic nitrogens is 4. The molecule has 0 aliphatic carbocycles. The van der Waals surface area contributed by atoms with Crippen LogP contribution in [-0.2, 0) is 25.9 Å². The first-order chi connectivity index (χ1) is 14.5. The molecule has 30 heavy (non-hydrogen) atoms. The zero-order chi connectivity index (χ0) is 21.1. The molecule has 9 nitrogen and oxygen atoms in total. The van der Waals surface area contributed by atoms with Crippen LogP contribution in [0, 0.1) is 17.0 Å². The van der Waals surface area contributed by atoms with Crippen LogP contribution in [0.1, 0.15) is 23.4 Å². The van der Waals surface area contributed by atoms with Gasteiger partial charge in [-0.15, -0.1) is 0 Å². The second kappa shape index (κ2) is 8.48. The summed E-state index contributed by atoms with van der Waals surface area (Å²) in [5.74, 6) is 0.675. The smallest absolute Gasteiger partial charge is 0.350 e. The zero-order valence-corrected chi connectivity index (χ0v) is 16.9. The molecule has 0 atom stereocenters. The van der Waals surface area contributed by atoms with Crippen molar-refractivity contribution in [2.24, 2.45) is 0 Å². The van der Waals surface area contributed by atoms with Crippen molar-refractivity contribution in [1.29, 1.82) is 0 Å². The Hall–Kier alpha value is -3.49. The highest BCUT2D eigenvalue weighted by Crippen LogP contribution is 2.26. The number of imidazole rings is 1. The molecule has 4 rings (SSSR count). The number of fused-ring (bicyclic) bond motifs is 1. The normalized spacial score (nSPS) is 13.7. The Labute approximate surface area is 173 Å². The lowest BCUT2D eigenvalue weighted by Gasteiger charge is -2.22. The van der Waals surface area contributed by atoms with Crippen molar-refractivity contribution in [3.05, 3.63) is 80.4 Å². The molecule has 0 spiro atoms. The molecule has 9 heteroatoms. The molecular weight excluding hydrogens is 384 g/mol. The summed E-state index contributed by atoms with van der Waals surface area (Å²) < 4.78 is 3.32. The lowest BCUT2D eigenvalue weighted by molar-refractivity contribution is -0.386. The standard InChI is InChI=1S/C21H24N6O3/c1-16-23-20(25-12-7-17-5-2-3-6-18(17)8-13-25)19(27(29)30)21(28)26(16)11-4-10-24-14-9-22-15-24/h2-3,5-6,9,14-15H,4,7-8,10-13H2,1H3. The first-order valence-corrected chi connectivity index (χ1v) is 10.1. The molecule has 1 aliphatic heterocycles. The minimum absolute atomic E-state index is 0.182. The second-order valence-corrected chi connectivity index (χ2v) is 7.45. The molecular formula is C21H24N6O3. The summed E-state index contributed by atoms with van der Waals surface area (Å²) in [4.78, 5) is 34.7. The van der Waals surface area contributed by atoms with Gasteiger partial charge in [0.05, 0.1) is 11.3 Å². The minimum Gasteiger partial charge on any atom is -0.350 e. The van der Waals surface area contributed by atoms with Crippen molar-refractivity contribution in [3.63, 3.8) is 0 Å². The Morgan fingerprint density at radius 1 is 1.13 bits per heavy atom. The van der Waals surface area contributed by atoms with Crippen LogP contribution in [0.3, 0.4) is 0 Å². The highest BCUT2D eigenvalue weighted by atomic mass is 16.6. The molecule has 0 unspecified atom stereocenters. The number of rotatable bonds is 6. The van der Waals surface area contributed by atoms with E-state index in [9.17, 15) is 14.9 Å². The topological polar surface area (TPSA) is 99.1 Å². The van der Waals surface area contributed by atoms with E-state index >= 15 is 0 Å². The number of anilines is 1. The summed E-state index contributed by atoms with van der Waals surface area (Å²) in [5.41, 5.74) is 1.46. The Bertz CT molecular complexity index is 1080. The predicted octanol–water partition coefficient (Wildman–Crippen LogP) is 2.35. The number of hydrogen-bond acceptors (Lipinski definition) is 6. The number of benzene rings is 1. The van der Waals surface area contributed by atoms with Crippen LogP contribution in [0.25, 0.3) is 0 Å². The molecule has 0 saturated carbocycles. The van der Waals surface area contributed by atoms with Gasteiger partial charge >= 0.3 is 11.2 Å². The molecule has 3 aromatic rings. The maximum atomic E-state index is 13.0. The average molecular weight is 408 g/mol. The number of nitro groups is 1. The van der Waals surface area contributed by atoms with Gasteiger partial charge in [0.15, 0.2) is 0 Å². The van der Waals surface area contributed by atoms with E-state index in [1.54, 1.807) is 19.4 Å². The van der Waals surface area contributed by atoms with E-state index in [0.717, 1.165) is 12.8 Å². The maximum Gasteiger partial charge on any atom is 0.376 e. The molecule has 0 bridgehead atoms. The van der Waals surface area contributed by atoms with Gasteiger partial charge in [-0.05, 0) is 37.3 Å². The summed E-state index contributed by atoms with van der Waals surface area (Å²) >= 11 is 0. The monoisotopic (exact) mass is 408 g/mol. The van der Waals surface area contributed by atoms with Gasteiger partial charge < -0.3 is 9.47 Å². The fourth-order valence-electron chi connectivity index (χ4n) is 3.99. The van der Waals surface area contributed by atoms with Crippen molar-refractivity contribution in [1.82, 2.24) is 19.1 Å². The molecule has 3 heterocycles. The van der Waals surface area contributed by atoms with Crippen molar-refractivity contribution in [2.45, 2.75) is 39.3 Å². The van der Waals surface area contributed by atoms with E-state index in [2.05, 4.69) is 22.1 Å².